The summed E-state index contributed by atoms with van der Waals surface area (Å²) >= 11 is 0. The van der Waals surface area contributed by atoms with Crippen LogP contribution in [0.15, 0.2) is 0 Å². The van der Waals surface area contributed by atoms with Crippen LogP contribution in [0, 0.1) is 17.3 Å². The van der Waals surface area contributed by atoms with Crippen molar-refractivity contribution in [1.82, 2.24) is 5.32 Å². The second kappa shape index (κ2) is 6.41. The maximum absolute atomic E-state index is 3.85. The zero-order valence-corrected chi connectivity index (χ0v) is 12.8. The molecule has 18 heavy (non-hydrogen) atoms. The summed E-state index contributed by atoms with van der Waals surface area (Å²) in [5, 5.41) is 3.85. The van der Waals surface area contributed by atoms with E-state index in [4.69, 9.17) is 0 Å². The van der Waals surface area contributed by atoms with Crippen LogP contribution in [0.2, 0.25) is 0 Å². The van der Waals surface area contributed by atoms with Crippen LogP contribution in [0.4, 0.5) is 0 Å². The number of hydrogen-bond donors (Lipinski definition) is 1. The van der Waals surface area contributed by atoms with Crippen molar-refractivity contribution in [1.29, 1.82) is 0 Å². The molecule has 1 heteroatoms. The van der Waals surface area contributed by atoms with Crippen molar-refractivity contribution in [2.24, 2.45) is 17.3 Å². The Hall–Kier alpha value is -0.0400. The van der Waals surface area contributed by atoms with Gasteiger partial charge in [-0.25, -0.2) is 0 Å². The number of nitrogens with one attached hydrogen (secondary N) is 1. The largest absolute Gasteiger partial charge is 0.314 e. The van der Waals surface area contributed by atoms with Crippen LogP contribution >= 0.6 is 0 Å². The molecule has 0 radical (unpaired) electrons. The molecule has 1 unspecified atom stereocenters. The van der Waals surface area contributed by atoms with Crippen molar-refractivity contribution in [2.45, 2.75) is 84.6 Å². The van der Waals surface area contributed by atoms with Crippen LogP contribution in [-0.2, 0) is 0 Å². The minimum absolute atomic E-state index is 0.613. The summed E-state index contributed by atoms with van der Waals surface area (Å²) in [7, 11) is 0. The van der Waals surface area contributed by atoms with E-state index in [0.29, 0.717) is 5.41 Å². The SMILES string of the molecule is CCCNC(CCC1CC1)C1CCC(C)(C)CC1. The molecule has 0 saturated heterocycles. The molecule has 0 heterocycles. The zero-order valence-electron chi connectivity index (χ0n) is 12.8. The molecule has 2 rings (SSSR count). The normalized spacial score (nSPS) is 26.2. The first kappa shape index (κ1) is 14.4. The van der Waals surface area contributed by atoms with Gasteiger partial charge in [0.15, 0.2) is 0 Å². The van der Waals surface area contributed by atoms with Crippen molar-refractivity contribution < 1.29 is 0 Å². The molecule has 1 nitrogen and oxygen atoms in total. The second-order valence-electron chi connectivity index (χ2n) is 7.58. The minimum Gasteiger partial charge on any atom is -0.314 e. The molecular formula is C17H33N. The van der Waals surface area contributed by atoms with Crippen LogP contribution in [0.25, 0.3) is 0 Å². The Morgan fingerprint density at radius 3 is 2.33 bits per heavy atom. The van der Waals surface area contributed by atoms with Gasteiger partial charge in [-0.1, -0.05) is 33.6 Å². The van der Waals surface area contributed by atoms with E-state index in [1.54, 1.807) is 0 Å². The topological polar surface area (TPSA) is 12.0 Å². The third kappa shape index (κ3) is 4.57. The van der Waals surface area contributed by atoms with Crippen LogP contribution in [-0.4, -0.2) is 12.6 Å². The van der Waals surface area contributed by atoms with E-state index in [1.165, 1.54) is 64.3 Å². The molecule has 0 amide bonds. The van der Waals surface area contributed by atoms with Crippen molar-refractivity contribution in [3.05, 3.63) is 0 Å². The van der Waals surface area contributed by atoms with Crippen LogP contribution < -0.4 is 5.32 Å². The van der Waals surface area contributed by atoms with Gasteiger partial charge < -0.3 is 5.32 Å². The zero-order chi connectivity index (χ0) is 13.0. The molecule has 1 N–H and O–H groups in total. The second-order valence-corrected chi connectivity index (χ2v) is 7.58. The highest BCUT2D eigenvalue weighted by Gasteiger charge is 2.32. The van der Waals surface area contributed by atoms with Gasteiger partial charge in [-0.3, -0.25) is 0 Å². The Labute approximate surface area is 114 Å². The molecule has 106 valence electrons. The Bertz CT molecular complexity index is 232. The van der Waals surface area contributed by atoms with E-state index < -0.39 is 0 Å². The molecule has 0 aromatic rings. The van der Waals surface area contributed by atoms with Crippen LogP contribution in [0.1, 0.15) is 78.6 Å². The summed E-state index contributed by atoms with van der Waals surface area (Å²) in [6.45, 7) is 8.40. The van der Waals surface area contributed by atoms with Crippen molar-refractivity contribution in [3.63, 3.8) is 0 Å². The minimum atomic E-state index is 0.613. The summed E-state index contributed by atoms with van der Waals surface area (Å²) < 4.78 is 0. The Balaban J connectivity index is 1.78. The Morgan fingerprint density at radius 1 is 1.11 bits per heavy atom. The highest BCUT2D eigenvalue weighted by Crippen LogP contribution is 2.41. The Kier molecular flexibility index (Phi) is 5.12. The first-order valence-electron chi connectivity index (χ1n) is 8.34. The van der Waals surface area contributed by atoms with Gasteiger partial charge in [0.05, 0.1) is 0 Å². The summed E-state index contributed by atoms with van der Waals surface area (Å²) in [5.74, 6) is 2.05. The fourth-order valence-corrected chi connectivity index (χ4v) is 3.48. The molecule has 0 aromatic heterocycles. The van der Waals surface area contributed by atoms with E-state index in [0.717, 1.165) is 17.9 Å². The predicted octanol–water partition coefficient (Wildman–Crippen LogP) is 4.76. The molecule has 0 bridgehead atoms. The third-order valence-corrected chi connectivity index (χ3v) is 5.19. The predicted molar refractivity (Wildman–Crippen MR) is 79.8 cm³/mol. The lowest BCUT2D eigenvalue weighted by molar-refractivity contribution is 0.156. The summed E-state index contributed by atoms with van der Waals surface area (Å²) in [6, 6.07) is 0.821. The molecule has 2 fully saturated rings. The van der Waals surface area contributed by atoms with Gasteiger partial charge in [-0.05, 0) is 68.7 Å². The first-order chi connectivity index (χ1) is 8.61. The lowest BCUT2D eigenvalue weighted by Crippen LogP contribution is -2.39. The fourth-order valence-electron chi connectivity index (χ4n) is 3.48. The summed E-state index contributed by atoms with van der Waals surface area (Å²) in [6.07, 6.45) is 13.0. The first-order valence-corrected chi connectivity index (χ1v) is 8.34. The third-order valence-electron chi connectivity index (χ3n) is 5.19. The number of rotatable bonds is 7. The smallest absolute Gasteiger partial charge is 0.00954 e. The molecule has 2 saturated carbocycles. The lowest BCUT2D eigenvalue weighted by Gasteiger charge is -2.38. The molecular weight excluding hydrogens is 218 g/mol. The van der Waals surface area contributed by atoms with E-state index in [9.17, 15) is 0 Å². The summed E-state index contributed by atoms with van der Waals surface area (Å²) in [5.41, 5.74) is 0.613. The fraction of sp³-hybridized carbons (Fsp3) is 1.00. The number of hydrogen-bond acceptors (Lipinski definition) is 1. The maximum Gasteiger partial charge on any atom is 0.00954 e. The van der Waals surface area contributed by atoms with E-state index in [1.807, 2.05) is 0 Å². The van der Waals surface area contributed by atoms with Gasteiger partial charge in [0, 0.05) is 6.04 Å². The average Bonchev–Trinajstić information content (AvgIpc) is 3.14. The van der Waals surface area contributed by atoms with Gasteiger partial charge >= 0.3 is 0 Å². The van der Waals surface area contributed by atoms with Gasteiger partial charge in [-0.15, -0.1) is 0 Å². The van der Waals surface area contributed by atoms with Crippen molar-refractivity contribution in [2.75, 3.05) is 6.54 Å². The van der Waals surface area contributed by atoms with Gasteiger partial charge in [-0.2, -0.15) is 0 Å². The van der Waals surface area contributed by atoms with Crippen molar-refractivity contribution >= 4 is 0 Å². The molecule has 2 aliphatic rings. The monoisotopic (exact) mass is 251 g/mol. The highest BCUT2D eigenvalue weighted by atomic mass is 14.9. The molecule has 0 spiro atoms. The quantitative estimate of drug-likeness (QED) is 0.688. The molecule has 0 aliphatic heterocycles. The van der Waals surface area contributed by atoms with Gasteiger partial charge in [0.1, 0.15) is 0 Å². The van der Waals surface area contributed by atoms with E-state index in [-0.39, 0.29) is 0 Å². The standard InChI is InChI=1S/C17H33N/c1-4-13-18-16(8-7-14-5-6-14)15-9-11-17(2,3)12-10-15/h14-16,18H,4-13H2,1-3H3. The van der Waals surface area contributed by atoms with Crippen LogP contribution in [0.5, 0.6) is 0 Å². The molecule has 1 atom stereocenters. The average molecular weight is 251 g/mol. The van der Waals surface area contributed by atoms with E-state index in [2.05, 4.69) is 26.1 Å². The van der Waals surface area contributed by atoms with Gasteiger partial charge in [0.2, 0.25) is 0 Å². The molecule has 0 aromatic carbocycles. The summed E-state index contributed by atoms with van der Waals surface area (Å²) in [4.78, 5) is 0. The molecule has 2 aliphatic carbocycles. The maximum atomic E-state index is 3.85. The van der Waals surface area contributed by atoms with Gasteiger partial charge in [0.25, 0.3) is 0 Å². The van der Waals surface area contributed by atoms with E-state index >= 15 is 0 Å². The highest BCUT2D eigenvalue weighted by molar-refractivity contribution is 4.86. The Morgan fingerprint density at radius 2 is 1.78 bits per heavy atom. The van der Waals surface area contributed by atoms with Crippen LogP contribution in [0.3, 0.4) is 0 Å². The lowest BCUT2D eigenvalue weighted by atomic mass is 9.70. The van der Waals surface area contributed by atoms with Crippen molar-refractivity contribution in [3.8, 4) is 0 Å².